The van der Waals surface area contributed by atoms with E-state index in [4.69, 9.17) is 16.3 Å². The molecule has 0 amide bonds. The van der Waals surface area contributed by atoms with E-state index in [-0.39, 0.29) is 31.7 Å². The number of aryl methyl sites for hydroxylation is 1. The van der Waals surface area contributed by atoms with E-state index in [9.17, 15) is 0 Å². The average Bonchev–Trinajstić information content (AvgIpc) is 3.73. The van der Waals surface area contributed by atoms with Crippen LogP contribution >= 0.6 is 0 Å². The number of benzene rings is 5. The third-order valence-corrected chi connectivity index (χ3v) is 10.8. The van der Waals surface area contributed by atoms with Crippen LogP contribution in [-0.2, 0) is 26.5 Å². The van der Waals surface area contributed by atoms with Crippen molar-refractivity contribution in [3.63, 3.8) is 0 Å². The van der Waals surface area contributed by atoms with Gasteiger partial charge in [-0.3, -0.25) is 4.99 Å². The molecule has 1 radical (unpaired) electrons. The van der Waals surface area contributed by atoms with Gasteiger partial charge in [0.25, 0.3) is 0 Å². The third-order valence-electron chi connectivity index (χ3n) is 8.75. The van der Waals surface area contributed by atoms with Gasteiger partial charge in [0, 0.05) is 44.0 Å². The van der Waals surface area contributed by atoms with Crippen LogP contribution in [0.5, 0.6) is 0 Å². The second-order valence-corrected chi connectivity index (χ2v) is 19.8. The molecule has 0 aliphatic carbocycles. The van der Waals surface area contributed by atoms with E-state index in [0.29, 0.717) is 22.0 Å². The Hall–Kier alpha value is -4.41. The maximum absolute atomic E-state index is 8.87. The van der Waals surface area contributed by atoms with Gasteiger partial charge >= 0.3 is 0 Å². The molecular formula is C46H44IrN2OSi-2. The standard InChI is InChI=1S/C26H16NO.C20H28NSi.Ir/c1-2-9-17(10-3-1)24-20-12-4-6-15-22(20)27-25(24)21-14-8-13-19-18-11-5-7-16-23(18)28-26(19)21;1-15-19(22(5,6)7)17(14-20(2,3)4)13-18(21-15)16-11-9-8-10-12-16;/h1-13,15-16,24H;8-11,13H,14H2,1-7H3;/q2*-1;/i;1D3,14D2;. The quantitative estimate of drug-likeness (QED) is 0.128. The second-order valence-electron chi connectivity index (χ2n) is 14.8. The molecule has 7 aromatic rings. The van der Waals surface area contributed by atoms with Crippen molar-refractivity contribution in [2.75, 3.05) is 0 Å². The average molecular weight is 866 g/mol. The number of para-hydroxylation sites is 2. The molecule has 8 rings (SSSR count). The van der Waals surface area contributed by atoms with Gasteiger partial charge in [-0.15, -0.1) is 54.1 Å². The van der Waals surface area contributed by atoms with Crippen LogP contribution in [0.4, 0.5) is 5.69 Å². The van der Waals surface area contributed by atoms with Crippen molar-refractivity contribution in [3.8, 4) is 11.3 Å². The van der Waals surface area contributed by atoms with E-state index in [1.54, 1.807) is 12.1 Å². The SMILES string of the molecule is [2H]C([2H])([2H])c1nc(-c2[c-]cccc2)cc(C([2H])([2H])C(C)(C)C)c1[Si](C)(C)C.[Ir].[c-]1ccc2c(oc3ccccc32)c1C1=Nc2ccccc2C1c1ccccc1. The van der Waals surface area contributed by atoms with Gasteiger partial charge in [-0.1, -0.05) is 130 Å². The fourth-order valence-corrected chi connectivity index (χ4v) is 8.45. The maximum Gasteiger partial charge on any atom is 0.120 e. The maximum atomic E-state index is 8.87. The molecule has 1 unspecified atom stereocenters. The molecule has 0 bridgehead atoms. The fraction of sp³-hybridized carbons (Fsp3) is 0.217. The van der Waals surface area contributed by atoms with Crippen LogP contribution in [0.25, 0.3) is 33.2 Å². The van der Waals surface area contributed by atoms with Gasteiger partial charge in [0.05, 0.1) is 19.3 Å². The molecule has 0 fully saturated rings. The molecule has 1 atom stereocenters. The Morgan fingerprint density at radius 2 is 1.55 bits per heavy atom. The summed E-state index contributed by atoms with van der Waals surface area (Å²) in [6.45, 7) is 9.21. The Balaban J connectivity index is 0.000000187. The Bertz CT molecular complexity index is 2540. The fourth-order valence-electron chi connectivity index (χ4n) is 6.74. The molecule has 0 saturated heterocycles. The molecule has 259 valence electrons. The zero-order valence-corrected chi connectivity index (χ0v) is 33.2. The van der Waals surface area contributed by atoms with Crippen LogP contribution in [0.15, 0.2) is 131 Å². The van der Waals surface area contributed by atoms with Gasteiger partial charge in [0.2, 0.25) is 0 Å². The van der Waals surface area contributed by atoms with E-state index in [2.05, 4.69) is 71.7 Å². The Morgan fingerprint density at radius 3 is 2.27 bits per heavy atom. The Kier molecular flexibility index (Phi) is 8.70. The molecular weight excluding hydrogens is 817 g/mol. The molecule has 51 heavy (non-hydrogen) atoms. The first kappa shape index (κ1) is 30.2. The summed E-state index contributed by atoms with van der Waals surface area (Å²) >= 11 is 0. The minimum atomic E-state index is -2.41. The van der Waals surface area contributed by atoms with Gasteiger partial charge in [-0.25, -0.2) is 0 Å². The summed E-state index contributed by atoms with van der Waals surface area (Å²) in [5, 5.41) is 2.83. The molecule has 3 heterocycles. The van der Waals surface area contributed by atoms with Crippen molar-refractivity contribution in [1.82, 2.24) is 4.98 Å². The predicted molar refractivity (Wildman–Crippen MR) is 213 cm³/mol. The Morgan fingerprint density at radius 1 is 0.824 bits per heavy atom. The second kappa shape index (κ2) is 14.7. The van der Waals surface area contributed by atoms with E-state index in [0.717, 1.165) is 38.9 Å². The first-order valence-corrected chi connectivity index (χ1v) is 20.5. The van der Waals surface area contributed by atoms with E-state index < -0.39 is 26.7 Å². The summed E-state index contributed by atoms with van der Waals surface area (Å²) in [5.41, 5.74) is 8.06. The van der Waals surface area contributed by atoms with E-state index in [1.807, 2.05) is 95.0 Å². The summed E-state index contributed by atoms with van der Waals surface area (Å²) < 4.78 is 48.2. The number of fused-ring (bicyclic) bond motifs is 4. The molecule has 5 heteroatoms. The number of aromatic nitrogens is 1. The number of hydrogen-bond acceptors (Lipinski definition) is 3. The first-order chi connectivity index (χ1) is 26.0. The van der Waals surface area contributed by atoms with Gasteiger partial charge in [0.15, 0.2) is 0 Å². The van der Waals surface area contributed by atoms with Crippen molar-refractivity contribution in [3.05, 3.63) is 161 Å². The summed E-state index contributed by atoms with van der Waals surface area (Å²) in [5.74, 6) is 0.0764. The van der Waals surface area contributed by atoms with Crippen LogP contribution in [-0.4, -0.2) is 18.8 Å². The minimum Gasteiger partial charge on any atom is -0.501 e. The normalized spacial score (nSPS) is 16.0. The molecule has 1 aliphatic heterocycles. The first-order valence-electron chi connectivity index (χ1n) is 19.5. The van der Waals surface area contributed by atoms with Crippen LogP contribution < -0.4 is 5.19 Å². The van der Waals surface area contributed by atoms with E-state index >= 15 is 0 Å². The number of aliphatic imine (C=N–C) groups is 1. The smallest absolute Gasteiger partial charge is 0.120 e. The van der Waals surface area contributed by atoms with Crippen molar-refractivity contribution in [2.24, 2.45) is 10.4 Å². The zero-order chi connectivity index (χ0) is 39.3. The number of rotatable bonds is 5. The van der Waals surface area contributed by atoms with Crippen LogP contribution in [0.1, 0.15) is 61.5 Å². The topological polar surface area (TPSA) is 38.4 Å². The number of nitrogens with zero attached hydrogens (tertiary/aromatic N) is 2. The van der Waals surface area contributed by atoms with Gasteiger partial charge in [-0.2, -0.15) is 0 Å². The van der Waals surface area contributed by atoms with Crippen LogP contribution in [0, 0.1) is 24.4 Å². The van der Waals surface area contributed by atoms with Crippen LogP contribution in [0.2, 0.25) is 19.6 Å². The minimum absolute atomic E-state index is 0. The van der Waals surface area contributed by atoms with Crippen molar-refractivity contribution < 1.29 is 31.4 Å². The predicted octanol–water partition coefficient (Wildman–Crippen LogP) is 11.6. The Labute approximate surface area is 324 Å². The van der Waals surface area contributed by atoms with Crippen molar-refractivity contribution in [2.45, 2.75) is 59.6 Å². The summed E-state index contributed by atoms with van der Waals surface area (Å²) in [7, 11) is -2.22. The van der Waals surface area contributed by atoms with Gasteiger partial charge in [-0.05, 0) is 58.5 Å². The summed E-state index contributed by atoms with van der Waals surface area (Å²) in [6.07, 6.45) is -1.71. The molecule has 5 aromatic carbocycles. The number of pyridine rings is 1. The van der Waals surface area contributed by atoms with Crippen molar-refractivity contribution in [1.29, 1.82) is 0 Å². The summed E-state index contributed by atoms with van der Waals surface area (Å²) in [4.78, 5) is 9.54. The third kappa shape index (κ3) is 7.62. The van der Waals surface area contributed by atoms with Gasteiger partial charge < -0.3 is 9.40 Å². The molecule has 1 aliphatic rings. The van der Waals surface area contributed by atoms with Crippen molar-refractivity contribution >= 4 is 46.6 Å². The van der Waals surface area contributed by atoms with Crippen LogP contribution in [0.3, 0.4) is 0 Å². The molecule has 2 aromatic heterocycles. The van der Waals surface area contributed by atoms with Gasteiger partial charge in [0.1, 0.15) is 5.58 Å². The summed E-state index contributed by atoms with van der Waals surface area (Å²) in [6, 6.07) is 46.6. The molecule has 0 N–H and O–H groups in total. The molecule has 0 saturated carbocycles. The molecule has 3 nitrogen and oxygen atoms in total. The number of hydrogen-bond donors (Lipinski definition) is 0. The monoisotopic (exact) mass is 866 g/mol. The largest absolute Gasteiger partial charge is 0.501 e. The van der Waals surface area contributed by atoms with E-state index in [1.165, 1.54) is 11.1 Å². The number of furan rings is 1. The zero-order valence-electron chi connectivity index (χ0n) is 34.8. The molecule has 0 spiro atoms.